The summed E-state index contributed by atoms with van der Waals surface area (Å²) in [6, 6.07) is 10.4. The van der Waals surface area contributed by atoms with Crippen LogP contribution in [0.3, 0.4) is 0 Å². The van der Waals surface area contributed by atoms with Gasteiger partial charge in [-0.2, -0.15) is 0 Å². The van der Waals surface area contributed by atoms with Crippen molar-refractivity contribution in [2.75, 3.05) is 6.54 Å². The van der Waals surface area contributed by atoms with Gasteiger partial charge < -0.3 is 0 Å². The van der Waals surface area contributed by atoms with Crippen molar-refractivity contribution in [1.82, 2.24) is 19.5 Å². The van der Waals surface area contributed by atoms with Crippen molar-refractivity contribution in [1.29, 1.82) is 0 Å². The summed E-state index contributed by atoms with van der Waals surface area (Å²) in [5.74, 6) is -0.205. The molecule has 0 unspecified atom stereocenters. The molecule has 0 spiro atoms. The van der Waals surface area contributed by atoms with Gasteiger partial charge in [0.25, 0.3) is 5.56 Å². The largest absolute Gasteiger partial charge is 0.294 e. The molecule has 1 N–H and O–H groups in total. The van der Waals surface area contributed by atoms with Crippen LogP contribution in [-0.2, 0) is 6.54 Å². The van der Waals surface area contributed by atoms with Gasteiger partial charge in [-0.3, -0.25) is 14.8 Å². The molecule has 0 amide bonds. The minimum atomic E-state index is -0.205. The third-order valence-electron chi connectivity index (χ3n) is 4.84. The highest BCUT2D eigenvalue weighted by Gasteiger charge is 2.25. The summed E-state index contributed by atoms with van der Waals surface area (Å²) in [7, 11) is 0. The number of H-pyrrole nitrogens is 1. The second-order valence-corrected chi connectivity index (χ2v) is 6.76. The Morgan fingerprint density at radius 2 is 2.16 bits per heavy atom. The number of nitrogens with zero attached hydrogens (tertiary/aromatic N) is 3. The molecule has 4 rings (SSSR count). The van der Waals surface area contributed by atoms with Gasteiger partial charge in [-0.05, 0) is 44.0 Å². The molecule has 3 heterocycles. The van der Waals surface area contributed by atoms with Gasteiger partial charge >= 0.3 is 0 Å². The van der Waals surface area contributed by atoms with E-state index in [1.807, 2.05) is 19.1 Å². The number of aromatic nitrogens is 3. The zero-order chi connectivity index (χ0) is 17.4. The molecule has 0 saturated carbocycles. The van der Waals surface area contributed by atoms with Crippen LogP contribution >= 0.6 is 0 Å². The Morgan fingerprint density at radius 3 is 3.00 bits per heavy atom. The highest BCUT2D eigenvalue weighted by molar-refractivity contribution is 5.39. The monoisotopic (exact) mass is 340 g/mol. The van der Waals surface area contributed by atoms with E-state index in [0.717, 1.165) is 42.8 Å². The lowest BCUT2D eigenvalue weighted by atomic mass is 9.95. The van der Waals surface area contributed by atoms with Gasteiger partial charge in [0.05, 0.1) is 5.69 Å². The molecule has 25 heavy (non-hydrogen) atoms. The maximum atomic E-state index is 13.6. The van der Waals surface area contributed by atoms with Crippen LogP contribution in [0.1, 0.15) is 42.3 Å². The summed E-state index contributed by atoms with van der Waals surface area (Å²) >= 11 is 0. The number of hydrogen-bond acceptors (Lipinski definition) is 3. The molecule has 1 aliphatic rings. The summed E-state index contributed by atoms with van der Waals surface area (Å²) < 4.78 is 15.1. The van der Waals surface area contributed by atoms with Gasteiger partial charge in [-0.1, -0.05) is 18.6 Å². The van der Waals surface area contributed by atoms with Crippen LogP contribution in [0, 0.1) is 12.7 Å². The van der Waals surface area contributed by atoms with E-state index in [-0.39, 0.29) is 17.4 Å². The van der Waals surface area contributed by atoms with Gasteiger partial charge in [0.1, 0.15) is 5.82 Å². The van der Waals surface area contributed by atoms with Crippen molar-refractivity contribution >= 4 is 5.65 Å². The number of nitrogens with one attached hydrogen (secondary N) is 1. The van der Waals surface area contributed by atoms with Crippen molar-refractivity contribution < 1.29 is 4.39 Å². The highest BCUT2D eigenvalue weighted by atomic mass is 19.1. The number of hydrogen-bond donors (Lipinski definition) is 1. The first-order chi connectivity index (χ1) is 12.1. The number of halogens is 1. The third kappa shape index (κ3) is 3.22. The fourth-order valence-electron chi connectivity index (χ4n) is 3.72. The van der Waals surface area contributed by atoms with E-state index >= 15 is 0 Å². The van der Waals surface area contributed by atoms with E-state index < -0.39 is 0 Å². The number of aromatic amines is 1. The van der Waals surface area contributed by atoms with Gasteiger partial charge in [0.15, 0.2) is 5.65 Å². The third-order valence-corrected chi connectivity index (χ3v) is 4.84. The molecule has 1 fully saturated rings. The Kier molecular flexibility index (Phi) is 4.13. The maximum absolute atomic E-state index is 13.6. The number of benzene rings is 1. The number of rotatable bonds is 3. The average Bonchev–Trinajstić information content (AvgIpc) is 2.96. The minimum Gasteiger partial charge on any atom is -0.294 e. The number of fused-ring (bicyclic) bond motifs is 1. The van der Waals surface area contributed by atoms with E-state index in [9.17, 15) is 9.18 Å². The molecule has 1 aromatic carbocycles. The molecular formula is C19H21FN4O. The summed E-state index contributed by atoms with van der Waals surface area (Å²) in [5, 5.41) is 2.98. The zero-order valence-electron chi connectivity index (χ0n) is 14.2. The molecule has 0 aliphatic carbocycles. The van der Waals surface area contributed by atoms with Crippen LogP contribution in [-0.4, -0.2) is 26.0 Å². The second kappa shape index (κ2) is 6.44. The lowest BCUT2D eigenvalue weighted by molar-refractivity contribution is 0.138. The van der Waals surface area contributed by atoms with E-state index in [2.05, 4.69) is 15.0 Å². The first kappa shape index (κ1) is 16.0. The molecule has 1 aliphatic heterocycles. The van der Waals surface area contributed by atoms with Crippen LogP contribution in [0.15, 0.2) is 41.2 Å². The molecule has 1 saturated heterocycles. The molecule has 0 radical (unpaired) electrons. The molecule has 130 valence electrons. The highest BCUT2D eigenvalue weighted by Crippen LogP contribution is 2.32. The van der Waals surface area contributed by atoms with E-state index in [1.54, 1.807) is 18.2 Å². The van der Waals surface area contributed by atoms with Crippen LogP contribution in [0.4, 0.5) is 4.39 Å². The first-order valence-corrected chi connectivity index (χ1v) is 8.68. The number of aryl methyl sites for hydroxylation is 1. The zero-order valence-corrected chi connectivity index (χ0v) is 14.2. The topological polar surface area (TPSA) is 53.4 Å². The molecule has 1 atom stereocenters. The van der Waals surface area contributed by atoms with Crippen molar-refractivity contribution in [2.45, 2.75) is 38.8 Å². The maximum Gasteiger partial charge on any atom is 0.272 e. The molecule has 3 aromatic rings. The lowest BCUT2D eigenvalue weighted by Gasteiger charge is -2.35. The van der Waals surface area contributed by atoms with Crippen LogP contribution in [0.25, 0.3) is 5.65 Å². The van der Waals surface area contributed by atoms with Crippen LogP contribution in [0.2, 0.25) is 0 Å². The smallest absolute Gasteiger partial charge is 0.272 e. The molecule has 5 nitrogen and oxygen atoms in total. The van der Waals surface area contributed by atoms with Gasteiger partial charge in [0, 0.05) is 30.4 Å². The minimum absolute atomic E-state index is 0.104. The summed E-state index contributed by atoms with van der Waals surface area (Å²) in [5.41, 5.74) is 3.19. The van der Waals surface area contributed by atoms with Gasteiger partial charge in [-0.25, -0.2) is 13.9 Å². The van der Waals surface area contributed by atoms with Crippen molar-refractivity contribution in [3.05, 3.63) is 69.5 Å². The molecular weight excluding hydrogens is 319 g/mol. The summed E-state index contributed by atoms with van der Waals surface area (Å²) in [4.78, 5) is 19.2. The number of likely N-dealkylation sites (tertiary alicyclic amines) is 1. The standard InChI is InChI=1S/C19H21FN4O/c1-13-9-18-21-16(11-19(25)24(18)22-13)12-23-8-3-2-7-17(23)14-5-4-6-15(20)10-14/h4-6,9-11,17,22H,2-3,7-8,12H2,1H3/t17-/m1/s1. The Balaban J connectivity index is 1.64. The SMILES string of the molecule is Cc1cc2nc(CN3CCCC[C@@H]3c3cccc(F)c3)cc(=O)n2[nH]1. The van der Waals surface area contributed by atoms with Gasteiger partial charge in [-0.15, -0.1) is 0 Å². The van der Waals surface area contributed by atoms with Crippen molar-refractivity contribution in [3.8, 4) is 0 Å². The Bertz CT molecular complexity index is 961. The summed E-state index contributed by atoms with van der Waals surface area (Å²) in [6.07, 6.45) is 3.23. The Morgan fingerprint density at radius 1 is 1.28 bits per heavy atom. The summed E-state index contributed by atoms with van der Waals surface area (Å²) in [6.45, 7) is 3.42. The van der Waals surface area contributed by atoms with Crippen molar-refractivity contribution in [3.63, 3.8) is 0 Å². The number of piperidine rings is 1. The predicted molar refractivity (Wildman–Crippen MR) is 94.0 cm³/mol. The molecule has 2 aromatic heterocycles. The fraction of sp³-hybridized carbons (Fsp3) is 0.368. The van der Waals surface area contributed by atoms with E-state index in [0.29, 0.717) is 12.2 Å². The normalized spacial score (nSPS) is 18.7. The quantitative estimate of drug-likeness (QED) is 0.797. The molecule has 0 bridgehead atoms. The van der Waals surface area contributed by atoms with Crippen LogP contribution in [0.5, 0.6) is 0 Å². The average molecular weight is 340 g/mol. The second-order valence-electron chi connectivity index (χ2n) is 6.76. The van der Waals surface area contributed by atoms with Crippen LogP contribution < -0.4 is 5.56 Å². The van der Waals surface area contributed by atoms with Gasteiger partial charge in [0.2, 0.25) is 0 Å². The lowest BCUT2D eigenvalue weighted by Crippen LogP contribution is -2.33. The molecule has 6 heteroatoms. The van der Waals surface area contributed by atoms with E-state index in [1.165, 1.54) is 10.6 Å². The van der Waals surface area contributed by atoms with E-state index in [4.69, 9.17) is 0 Å². The Hall–Kier alpha value is -2.47. The first-order valence-electron chi connectivity index (χ1n) is 8.68. The predicted octanol–water partition coefficient (Wildman–Crippen LogP) is 3.20. The van der Waals surface area contributed by atoms with Crippen molar-refractivity contribution in [2.24, 2.45) is 0 Å². The Labute approximate surface area is 145 Å². The fourth-order valence-corrected chi connectivity index (χ4v) is 3.72.